The quantitative estimate of drug-likeness (QED) is 0.305. The maximum Gasteiger partial charge on any atom is 0.123 e. The van der Waals surface area contributed by atoms with Crippen LogP contribution >= 0.6 is 0 Å². The van der Waals surface area contributed by atoms with Crippen molar-refractivity contribution in [2.75, 3.05) is 0 Å². The zero-order valence-electron chi connectivity index (χ0n) is 15.2. The highest BCUT2D eigenvalue weighted by Crippen LogP contribution is 2.32. The Bertz CT molecular complexity index is 838. The first-order chi connectivity index (χ1) is 13.0. The van der Waals surface area contributed by atoms with Gasteiger partial charge in [-0.1, -0.05) is 44.0 Å². The van der Waals surface area contributed by atoms with Crippen LogP contribution in [0.15, 0.2) is 115 Å². The first-order valence-electron chi connectivity index (χ1n) is 8.12. The number of allylic oxidation sites excluding steroid dienone is 10. The summed E-state index contributed by atoms with van der Waals surface area (Å²) in [5, 5.41) is 0. The van der Waals surface area contributed by atoms with Crippen molar-refractivity contribution in [2.24, 2.45) is 17.3 Å². The van der Waals surface area contributed by atoms with Crippen LogP contribution < -0.4 is 22.7 Å². The van der Waals surface area contributed by atoms with Crippen LogP contribution in [-0.2, 0) is 0 Å². The molecule has 1 rings (SSSR count). The van der Waals surface area contributed by atoms with Crippen molar-refractivity contribution < 1.29 is 4.39 Å². The predicted molar refractivity (Wildman–Crippen MR) is 113 cm³/mol. The van der Waals surface area contributed by atoms with Gasteiger partial charge in [0.1, 0.15) is 5.82 Å². The van der Waals surface area contributed by atoms with Gasteiger partial charge >= 0.3 is 0 Å². The van der Waals surface area contributed by atoms with Crippen molar-refractivity contribution in [3.63, 3.8) is 0 Å². The number of nitrogens with two attached hydrogens (primary N) is 3. The maximum atomic E-state index is 13.4. The highest BCUT2D eigenvalue weighted by molar-refractivity contribution is 5.79. The van der Waals surface area contributed by atoms with E-state index < -0.39 is 0 Å². The molecule has 0 aliphatic carbocycles. The molecular formula is C22H25FN4. The average Bonchev–Trinajstić information content (AvgIpc) is 2.66. The van der Waals surface area contributed by atoms with E-state index in [1.165, 1.54) is 24.5 Å². The van der Waals surface area contributed by atoms with E-state index in [0.29, 0.717) is 28.0 Å². The summed E-state index contributed by atoms with van der Waals surface area (Å²) in [6.07, 6.45) is 13.0. The van der Waals surface area contributed by atoms with Crippen molar-refractivity contribution in [1.82, 2.24) is 5.43 Å². The smallest absolute Gasteiger partial charge is 0.123 e. The summed E-state index contributed by atoms with van der Waals surface area (Å²) in [5.74, 6) is 5.48. The minimum Gasteiger partial charge on any atom is -0.405 e. The third-order valence-electron chi connectivity index (χ3n) is 3.61. The van der Waals surface area contributed by atoms with Gasteiger partial charge in [0.05, 0.1) is 5.70 Å². The molecule has 27 heavy (non-hydrogen) atoms. The van der Waals surface area contributed by atoms with E-state index >= 15 is 0 Å². The molecule has 0 fully saturated rings. The van der Waals surface area contributed by atoms with Crippen molar-refractivity contribution in [2.45, 2.75) is 0 Å². The summed E-state index contributed by atoms with van der Waals surface area (Å²) < 4.78 is 13.4. The summed E-state index contributed by atoms with van der Waals surface area (Å²) in [6, 6.07) is 5.93. The van der Waals surface area contributed by atoms with Crippen molar-refractivity contribution in [3.8, 4) is 0 Å². The SMILES string of the molecule is C=C/C=C(\C=C/N)C(=C)C(=C(\NN)c1ccc(F)cc1)/C(/C=C\N)=C/C=C. The molecule has 1 aromatic carbocycles. The third-order valence-corrected chi connectivity index (χ3v) is 3.61. The number of hydrazine groups is 1. The fourth-order valence-corrected chi connectivity index (χ4v) is 2.47. The second kappa shape index (κ2) is 11.1. The minimum atomic E-state index is -0.350. The lowest BCUT2D eigenvalue weighted by Crippen LogP contribution is -2.22. The van der Waals surface area contributed by atoms with Crippen LogP contribution in [0.2, 0.25) is 0 Å². The highest BCUT2D eigenvalue weighted by Gasteiger charge is 2.17. The summed E-state index contributed by atoms with van der Waals surface area (Å²) in [6.45, 7) is 11.7. The Morgan fingerprint density at radius 2 is 1.44 bits per heavy atom. The fraction of sp³-hybridized carbons (Fsp3) is 0. The Labute approximate surface area is 159 Å². The van der Waals surface area contributed by atoms with Crippen molar-refractivity contribution >= 4 is 5.70 Å². The molecule has 0 aliphatic heterocycles. The molecule has 0 aliphatic rings. The molecule has 4 nitrogen and oxygen atoms in total. The molecule has 5 heteroatoms. The van der Waals surface area contributed by atoms with Gasteiger partial charge in [-0.3, -0.25) is 5.84 Å². The van der Waals surface area contributed by atoms with E-state index in [0.717, 1.165) is 5.57 Å². The second-order valence-electron chi connectivity index (χ2n) is 5.31. The molecule has 0 radical (unpaired) electrons. The molecule has 0 aromatic heterocycles. The number of halogens is 1. The van der Waals surface area contributed by atoms with Gasteiger partial charge in [0.25, 0.3) is 0 Å². The highest BCUT2D eigenvalue weighted by atomic mass is 19.1. The number of rotatable bonds is 9. The van der Waals surface area contributed by atoms with Gasteiger partial charge in [-0.2, -0.15) is 0 Å². The van der Waals surface area contributed by atoms with Crippen LogP contribution in [0.5, 0.6) is 0 Å². The van der Waals surface area contributed by atoms with E-state index in [2.05, 4.69) is 25.2 Å². The maximum absolute atomic E-state index is 13.4. The summed E-state index contributed by atoms with van der Waals surface area (Å²) >= 11 is 0. The summed E-state index contributed by atoms with van der Waals surface area (Å²) in [4.78, 5) is 0. The van der Waals surface area contributed by atoms with E-state index in [4.69, 9.17) is 17.3 Å². The Morgan fingerprint density at radius 3 is 1.93 bits per heavy atom. The van der Waals surface area contributed by atoms with E-state index in [1.807, 2.05) is 0 Å². The fourth-order valence-electron chi connectivity index (χ4n) is 2.47. The Balaban J connectivity index is 3.85. The normalized spacial score (nSPS) is 13.6. The third kappa shape index (κ3) is 5.73. The van der Waals surface area contributed by atoms with Gasteiger partial charge in [0.2, 0.25) is 0 Å². The topological polar surface area (TPSA) is 90.1 Å². The zero-order valence-corrected chi connectivity index (χ0v) is 15.2. The van der Waals surface area contributed by atoms with Crippen LogP contribution in [0.1, 0.15) is 5.56 Å². The first kappa shape index (κ1) is 21.5. The molecule has 0 bridgehead atoms. The minimum absolute atomic E-state index is 0.350. The molecule has 0 heterocycles. The van der Waals surface area contributed by atoms with E-state index in [-0.39, 0.29) is 5.82 Å². The molecule has 0 unspecified atom stereocenters. The van der Waals surface area contributed by atoms with Gasteiger partial charge in [-0.05, 0) is 71.1 Å². The molecule has 0 atom stereocenters. The van der Waals surface area contributed by atoms with Gasteiger partial charge in [0, 0.05) is 5.57 Å². The number of nitrogens with one attached hydrogen (secondary N) is 1. The molecular weight excluding hydrogens is 339 g/mol. The zero-order chi connectivity index (χ0) is 20.2. The lowest BCUT2D eigenvalue weighted by atomic mass is 9.88. The number of benzene rings is 1. The monoisotopic (exact) mass is 364 g/mol. The lowest BCUT2D eigenvalue weighted by molar-refractivity contribution is 0.627. The van der Waals surface area contributed by atoms with Crippen LogP contribution in [0.25, 0.3) is 5.70 Å². The molecule has 0 saturated heterocycles. The lowest BCUT2D eigenvalue weighted by Gasteiger charge is -2.19. The second-order valence-corrected chi connectivity index (χ2v) is 5.31. The first-order valence-corrected chi connectivity index (χ1v) is 8.12. The Hall–Kier alpha value is -3.57. The van der Waals surface area contributed by atoms with E-state index in [1.54, 1.807) is 48.6 Å². The van der Waals surface area contributed by atoms with Gasteiger partial charge < -0.3 is 16.9 Å². The van der Waals surface area contributed by atoms with E-state index in [9.17, 15) is 4.39 Å². The van der Waals surface area contributed by atoms with Gasteiger partial charge in [-0.25, -0.2) is 4.39 Å². The van der Waals surface area contributed by atoms with Crippen LogP contribution in [0.4, 0.5) is 4.39 Å². The van der Waals surface area contributed by atoms with Crippen molar-refractivity contribution in [3.05, 3.63) is 127 Å². The molecule has 140 valence electrons. The summed E-state index contributed by atoms with van der Waals surface area (Å²) in [5.41, 5.74) is 17.8. The molecule has 1 aromatic rings. The average molecular weight is 364 g/mol. The number of hydrogen-bond donors (Lipinski definition) is 4. The standard InChI is InChI=1S/C22H25FN4/c1-4-6-17(12-14-24)16(3)21(18(7-5-2)13-15-25)22(27-26)19-8-10-20(23)11-9-19/h4-15,27H,1-3,24-26H2/b14-12-,15-13-,17-6+,18-7+,22-21+. The van der Waals surface area contributed by atoms with Crippen LogP contribution in [0, 0.1) is 5.82 Å². The Morgan fingerprint density at radius 1 is 0.926 bits per heavy atom. The van der Waals surface area contributed by atoms with Crippen LogP contribution in [0.3, 0.4) is 0 Å². The van der Waals surface area contributed by atoms with Crippen molar-refractivity contribution in [1.29, 1.82) is 0 Å². The number of hydrogen-bond acceptors (Lipinski definition) is 4. The van der Waals surface area contributed by atoms with Gasteiger partial charge in [-0.15, -0.1) is 0 Å². The molecule has 0 saturated carbocycles. The predicted octanol–water partition coefficient (Wildman–Crippen LogP) is 3.73. The largest absolute Gasteiger partial charge is 0.405 e. The summed E-state index contributed by atoms with van der Waals surface area (Å²) in [7, 11) is 0. The molecule has 0 amide bonds. The Kier molecular flexibility index (Phi) is 8.85. The van der Waals surface area contributed by atoms with Gasteiger partial charge in [0.15, 0.2) is 0 Å². The molecule has 7 N–H and O–H groups in total. The molecule has 0 spiro atoms. The van der Waals surface area contributed by atoms with Crippen LogP contribution in [-0.4, -0.2) is 0 Å².